The Balaban J connectivity index is 2.51. The van der Waals surface area contributed by atoms with E-state index in [4.69, 9.17) is 27.9 Å². The molecule has 0 aromatic heterocycles. The summed E-state index contributed by atoms with van der Waals surface area (Å²) in [5.41, 5.74) is 0.842. The highest BCUT2D eigenvalue weighted by Gasteiger charge is 2.03. The third kappa shape index (κ3) is 4.10. The first-order valence-corrected chi connectivity index (χ1v) is 5.48. The third-order valence-electron chi connectivity index (χ3n) is 1.84. The van der Waals surface area contributed by atoms with Crippen molar-refractivity contribution in [2.75, 3.05) is 0 Å². The van der Waals surface area contributed by atoms with Gasteiger partial charge in [0.25, 0.3) is 0 Å². The summed E-state index contributed by atoms with van der Waals surface area (Å²) in [4.78, 5) is 11.1. The fourth-order valence-corrected chi connectivity index (χ4v) is 1.39. The summed E-state index contributed by atoms with van der Waals surface area (Å²) in [6.45, 7) is 2.18. The fourth-order valence-electron chi connectivity index (χ4n) is 1.07. The van der Waals surface area contributed by atoms with Gasteiger partial charge < -0.3 is 4.74 Å². The molecule has 0 atom stereocenters. The third-order valence-corrected chi connectivity index (χ3v) is 2.58. The maximum atomic E-state index is 11.1. The lowest BCUT2D eigenvalue weighted by Crippen LogP contribution is -2.03. The molecule has 0 fully saturated rings. The van der Waals surface area contributed by atoms with Gasteiger partial charge in [0.05, 0.1) is 10.0 Å². The second-order valence-electron chi connectivity index (χ2n) is 3.16. The Morgan fingerprint density at radius 2 is 2.07 bits per heavy atom. The lowest BCUT2D eigenvalue weighted by atomic mass is 10.2. The van der Waals surface area contributed by atoms with Gasteiger partial charge in [0.2, 0.25) is 0 Å². The molecule has 0 radical (unpaired) electrons. The van der Waals surface area contributed by atoms with Crippen LogP contribution in [0.15, 0.2) is 18.2 Å². The molecule has 0 aliphatic heterocycles. The summed E-state index contributed by atoms with van der Waals surface area (Å²) >= 11 is 11.6. The molecule has 1 aromatic rings. The molecule has 0 saturated carbocycles. The highest BCUT2D eigenvalue weighted by molar-refractivity contribution is 6.42. The molecule has 0 amide bonds. The van der Waals surface area contributed by atoms with Gasteiger partial charge in [-0.3, -0.25) is 4.79 Å². The molecule has 0 N–H and O–H groups in total. The van der Waals surface area contributed by atoms with Crippen LogP contribution in [0.1, 0.15) is 25.3 Å². The van der Waals surface area contributed by atoms with Crippen molar-refractivity contribution in [2.24, 2.45) is 0 Å². The van der Waals surface area contributed by atoms with Gasteiger partial charge in [-0.15, -0.1) is 0 Å². The number of halogens is 2. The van der Waals surface area contributed by atoms with Crippen LogP contribution in [0.5, 0.6) is 0 Å². The standard InChI is InChI=1S/C11H12Cl2O2/c1-2-3-11(14)15-7-8-4-5-9(12)10(13)6-8/h4-6H,2-3,7H2,1H3. The summed E-state index contributed by atoms with van der Waals surface area (Å²) in [5.74, 6) is -0.191. The predicted molar refractivity (Wildman–Crippen MR) is 61.2 cm³/mol. The zero-order valence-electron chi connectivity index (χ0n) is 8.43. The Morgan fingerprint density at radius 1 is 1.33 bits per heavy atom. The molecule has 4 heteroatoms. The highest BCUT2D eigenvalue weighted by atomic mass is 35.5. The summed E-state index contributed by atoms with van der Waals surface area (Å²) in [6.07, 6.45) is 1.24. The van der Waals surface area contributed by atoms with E-state index >= 15 is 0 Å². The van der Waals surface area contributed by atoms with Crippen molar-refractivity contribution in [3.8, 4) is 0 Å². The summed E-state index contributed by atoms with van der Waals surface area (Å²) in [6, 6.07) is 5.17. The average molecular weight is 247 g/mol. The van der Waals surface area contributed by atoms with Gasteiger partial charge in [-0.05, 0) is 24.1 Å². The maximum absolute atomic E-state index is 11.1. The highest BCUT2D eigenvalue weighted by Crippen LogP contribution is 2.22. The molecule has 0 unspecified atom stereocenters. The van der Waals surface area contributed by atoms with Crippen molar-refractivity contribution < 1.29 is 9.53 Å². The molecule has 0 spiro atoms. The average Bonchev–Trinajstić information content (AvgIpc) is 2.20. The molecule has 1 aromatic carbocycles. The number of benzene rings is 1. The Kier molecular flexibility index (Phi) is 4.92. The molecule has 0 aliphatic rings. The molecule has 15 heavy (non-hydrogen) atoms. The lowest BCUT2D eigenvalue weighted by Gasteiger charge is -2.05. The van der Waals surface area contributed by atoms with E-state index in [1.165, 1.54) is 0 Å². The van der Waals surface area contributed by atoms with Crippen LogP contribution < -0.4 is 0 Å². The van der Waals surface area contributed by atoms with Gasteiger partial charge >= 0.3 is 5.97 Å². The van der Waals surface area contributed by atoms with Crippen LogP contribution in [-0.4, -0.2) is 5.97 Å². The van der Waals surface area contributed by atoms with Crippen LogP contribution in [0.3, 0.4) is 0 Å². The largest absolute Gasteiger partial charge is 0.461 e. The Labute approximate surface area is 99.1 Å². The van der Waals surface area contributed by atoms with E-state index in [1.807, 2.05) is 6.92 Å². The maximum Gasteiger partial charge on any atom is 0.306 e. The zero-order chi connectivity index (χ0) is 11.3. The molecule has 82 valence electrons. The van der Waals surface area contributed by atoms with Crippen LogP contribution >= 0.6 is 23.2 Å². The van der Waals surface area contributed by atoms with E-state index in [9.17, 15) is 4.79 Å². The van der Waals surface area contributed by atoms with E-state index in [-0.39, 0.29) is 12.6 Å². The molecule has 0 bridgehead atoms. The summed E-state index contributed by atoms with van der Waals surface area (Å²) in [7, 11) is 0. The van der Waals surface area contributed by atoms with Crippen LogP contribution in [0.4, 0.5) is 0 Å². The second kappa shape index (κ2) is 5.99. The van der Waals surface area contributed by atoms with E-state index in [1.54, 1.807) is 18.2 Å². The summed E-state index contributed by atoms with van der Waals surface area (Å²) < 4.78 is 5.02. The Bertz CT molecular complexity index is 350. The normalized spacial score (nSPS) is 10.1. The van der Waals surface area contributed by atoms with Crippen molar-refractivity contribution in [3.05, 3.63) is 33.8 Å². The first kappa shape index (κ1) is 12.3. The van der Waals surface area contributed by atoms with Crippen LogP contribution in [0.25, 0.3) is 0 Å². The van der Waals surface area contributed by atoms with Crippen molar-refractivity contribution in [1.29, 1.82) is 0 Å². The molecular formula is C11H12Cl2O2. The quantitative estimate of drug-likeness (QED) is 0.755. The number of hydrogen-bond donors (Lipinski definition) is 0. The van der Waals surface area contributed by atoms with Gasteiger partial charge in [0, 0.05) is 6.42 Å². The smallest absolute Gasteiger partial charge is 0.306 e. The molecule has 1 rings (SSSR count). The lowest BCUT2D eigenvalue weighted by molar-refractivity contribution is -0.144. The molecule has 0 saturated heterocycles. The molecule has 0 heterocycles. The molecule has 0 aliphatic carbocycles. The van der Waals surface area contributed by atoms with Gasteiger partial charge in [0.15, 0.2) is 0 Å². The van der Waals surface area contributed by atoms with E-state index < -0.39 is 0 Å². The van der Waals surface area contributed by atoms with Crippen molar-refractivity contribution in [2.45, 2.75) is 26.4 Å². The van der Waals surface area contributed by atoms with E-state index in [2.05, 4.69) is 0 Å². The number of hydrogen-bond acceptors (Lipinski definition) is 2. The second-order valence-corrected chi connectivity index (χ2v) is 3.97. The number of carbonyl (C=O) groups excluding carboxylic acids is 1. The van der Waals surface area contributed by atoms with Gasteiger partial charge in [0.1, 0.15) is 6.61 Å². The zero-order valence-corrected chi connectivity index (χ0v) is 9.94. The van der Waals surface area contributed by atoms with Crippen molar-refractivity contribution in [3.63, 3.8) is 0 Å². The minimum absolute atomic E-state index is 0.191. The van der Waals surface area contributed by atoms with E-state index in [0.29, 0.717) is 16.5 Å². The van der Waals surface area contributed by atoms with Crippen molar-refractivity contribution >= 4 is 29.2 Å². The van der Waals surface area contributed by atoms with Gasteiger partial charge in [-0.25, -0.2) is 0 Å². The predicted octanol–water partition coefficient (Wildman–Crippen LogP) is 3.84. The minimum atomic E-state index is -0.191. The topological polar surface area (TPSA) is 26.3 Å². The monoisotopic (exact) mass is 246 g/mol. The van der Waals surface area contributed by atoms with Crippen molar-refractivity contribution in [1.82, 2.24) is 0 Å². The van der Waals surface area contributed by atoms with Crippen LogP contribution in [-0.2, 0) is 16.1 Å². The number of rotatable bonds is 4. The SMILES string of the molecule is CCCC(=O)OCc1ccc(Cl)c(Cl)c1. The first-order valence-electron chi connectivity index (χ1n) is 4.73. The number of esters is 1. The summed E-state index contributed by atoms with van der Waals surface area (Å²) in [5, 5.41) is 0.973. The minimum Gasteiger partial charge on any atom is -0.461 e. The van der Waals surface area contributed by atoms with E-state index in [0.717, 1.165) is 12.0 Å². The van der Waals surface area contributed by atoms with Gasteiger partial charge in [-0.1, -0.05) is 36.2 Å². The Hall–Kier alpha value is -0.730. The Morgan fingerprint density at radius 3 is 2.67 bits per heavy atom. The number of ether oxygens (including phenoxy) is 1. The van der Waals surface area contributed by atoms with Gasteiger partial charge in [-0.2, -0.15) is 0 Å². The molecular weight excluding hydrogens is 235 g/mol. The first-order chi connectivity index (χ1) is 7.13. The van der Waals surface area contributed by atoms with Crippen LogP contribution in [0.2, 0.25) is 10.0 Å². The fraction of sp³-hybridized carbons (Fsp3) is 0.364. The van der Waals surface area contributed by atoms with Crippen LogP contribution in [0, 0.1) is 0 Å². The molecule has 2 nitrogen and oxygen atoms in total. The number of carbonyl (C=O) groups is 1.